The Morgan fingerprint density at radius 1 is 1.19 bits per heavy atom. The largest absolute Gasteiger partial charge is 0.493 e. The first kappa shape index (κ1) is 28.6. The van der Waals surface area contributed by atoms with E-state index in [9.17, 15) is 14.3 Å². The fraction of sp³-hybridized carbons (Fsp3) is 0.700. The third-order valence-electron chi connectivity index (χ3n) is 8.65. The Balaban J connectivity index is 0.000000452. The van der Waals surface area contributed by atoms with Gasteiger partial charge in [0, 0.05) is 5.92 Å². The van der Waals surface area contributed by atoms with Crippen LogP contribution in [0, 0.1) is 29.0 Å². The number of rotatable bonds is 5. The molecule has 1 heterocycles. The van der Waals surface area contributed by atoms with Crippen molar-refractivity contribution >= 4 is 5.97 Å². The molecule has 0 bridgehead atoms. The zero-order chi connectivity index (χ0) is 26.1. The summed E-state index contributed by atoms with van der Waals surface area (Å²) in [6, 6.07) is 4.12. The Labute approximate surface area is 216 Å². The Morgan fingerprint density at radius 2 is 1.89 bits per heavy atom. The molecule has 5 rings (SSSR count). The highest BCUT2D eigenvalue weighted by Gasteiger charge is 2.53. The van der Waals surface area contributed by atoms with Gasteiger partial charge in [0.05, 0.1) is 19.3 Å². The van der Waals surface area contributed by atoms with Crippen molar-refractivity contribution in [1.29, 1.82) is 0 Å². The summed E-state index contributed by atoms with van der Waals surface area (Å²) in [5, 5.41) is 9.28. The van der Waals surface area contributed by atoms with E-state index < -0.39 is 17.3 Å². The normalized spacial score (nSPS) is 31.1. The van der Waals surface area contributed by atoms with Crippen LogP contribution in [0.25, 0.3) is 0 Å². The van der Waals surface area contributed by atoms with E-state index in [0.717, 1.165) is 44.8 Å². The van der Waals surface area contributed by atoms with Crippen LogP contribution in [0.5, 0.6) is 5.75 Å². The summed E-state index contributed by atoms with van der Waals surface area (Å²) >= 11 is 0. The van der Waals surface area contributed by atoms with Crippen molar-refractivity contribution in [3.63, 3.8) is 0 Å². The monoisotopic (exact) mass is 504 g/mol. The molecule has 36 heavy (non-hydrogen) atoms. The third kappa shape index (κ3) is 6.49. The second-order valence-corrected chi connectivity index (χ2v) is 10.6. The molecular formula is C30H45FO5. The van der Waals surface area contributed by atoms with Gasteiger partial charge in [-0.1, -0.05) is 71.1 Å². The number of ether oxygens (including phenoxy) is 3. The molecule has 4 aliphatic rings. The molecule has 0 radical (unpaired) electrons. The lowest BCUT2D eigenvalue weighted by Gasteiger charge is -2.57. The number of fused-ring (bicyclic) bond motifs is 3. The Hall–Kier alpha value is -1.92. The molecule has 1 aliphatic heterocycles. The van der Waals surface area contributed by atoms with E-state index in [1.165, 1.54) is 49.8 Å². The van der Waals surface area contributed by atoms with Crippen molar-refractivity contribution in [1.82, 2.24) is 0 Å². The van der Waals surface area contributed by atoms with Gasteiger partial charge in [-0.05, 0) is 61.5 Å². The Bertz CT molecular complexity index is 859. The summed E-state index contributed by atoms with van der Waals surface area (Å²) in [4.78, 5) is 11.4. The van der Waals surface area contributed by atoms with Crippen LogP contribution in [-0.4, -0.2) is 37.2 Å². The number of carbonyl (C=O) groups is 1. The molecular weight excluding hydrogens is 459 g/mol. The summed E-state index contributed by atoms with van der Waals surface area (Å²) in [6.07, 6.45) is 12.7. The predicted molar refractivity (Wildman–Crippen MR) is 140 cm³/mol. The minimum Gasteiger partial charge on any atom is -0.493 e. The minimum absolute atomic E-state index is 0.0819. The summed E-state index contributed by atoms with van der Waals surface area (Å²) in [5.41, 5.74) is 0.929. The molecule has 0 aromatic heterocycles. The first-order valence-corrected chi connectivity index (χ1v) is 13.9. The Kier molecular flexibility index (Phi) is 10.8. The molecule has 1 aromatic carbocycles. The van der Waals surface area contributed by atoms with Gasteiger partial charge in [-0.25, -0.2) is 9.18 Å². The molecule has 1 aromatic rings. The first-order chi connectivity index (χ1) is 17.4. The summed E-state index contributed by atoms with van der Waals surface area (Å²) in [5.74, 6) is -0.798. The highest BCUT2D eigenvalue weighted by Crippen LogP contribution is 2.58. The second kappa shape index (κ2) is 13.6. The maximum absolute atomic E-state index is 13.9. The lowest BCUT2D eigenvalue weighted by Crippen LogP contribution is -2.54. The van der Waals surface area contributed by atoms with Crippen molar-refractivity contribution < 1.29 is 28.5 Å². The predicted octanol–water partition coefficient (Wildman–Crippen LogP) is 7.64. The first-order valence-electron chi connectivity index (χ1n) is 13.9. The van der Waals surface area contributed by atoms with Crippen molar-refractivity contribution in [2.24, 2.45) is 23.2 Å². The number of aromatic carboxylic acids is 1. The van der Waals surface area contributed by atoms with Crippen LogP contribution >= 0.6 is 0 Å². The van der Waals surface area contributed by atoms with E-state index >= 15 is 0 Å². The van der Waals surface area contributed by atoms with E-state index in [1.54, 1.807) is 0 Å². The van der Waals surface area contributed by atoms with Crippen LogP contribution in [-0.2, 0) is 9.47 Å². The number of halogens is 1. The second-order valence-electron chi connectivity index (χ2n) is 10.6. The van der Waals surface area contributed by atoms with Crippen molar-refractivity contribution in [3.8, 4) is 5.75 Å². The highest BCUT2D eigenvalue weighted by molar-refractivity contribution is 5.91. The molecule has 0 spiro atoms. The molecule has 1 N–H and O–H groups in total. The van der Waals surface area contributed by atoms with Gasteiger partial charge < -0.3 is 19.3 Å². The highest BCUT2D eigenvalue weighted by atomic mass is 19.1. The SMILES string of the molecule is C1CCCC1.C=C1CCC2C3COCOC3CCC2(C)C1CCOc1cccc(F)c1C(=O)O.CC. The van der Waals surface area contributed by atoms with Gasteiger partial charge in [0.15, 0.2) is 0 Å². The van der Waals surface area contributed by atoms with E-state index in [1.807, 2.05) is 13.8 Å². The van der Waals surface area contributed by atoms with Gasteiger partial charge in [-0.2, -0.15) is 0 Å². The molecule has 5 unspecified atom stereocenters. The quantitative estimate of drug-likeness (QED) is 0.417. The van der Waals surface area contributed by atoms with Crippen LogP contribution in [0.15, 0.2) is 30.4 Å². The van der Waals surface area contributed by atoms with Crippen LogP contribution in [0.3, 0.4) is 0 Å². The van der Waals surface area contributed by atoms with Crippen molar-refractivity contribution in [3.05, 3.63) is 41.7 Å². The summed E-state index contributed by atoms with van der Waals surface area (Å²) in [7, 11) is 0. The van der Waals surface area contributed by atoms with Crippen LogP contribution in [0.4, 0.5) is 4.39 Å². The molecule has 6 heteroatoms. The van der Waals surface area contributed by atoms with Crippen molar-refractivity contribution in [2.75, 3.05) is 20.0 Å². The molecule has 202 valence electrons. The van der Waals surface area contributed by atoms with Gasteiger partial charge in [0.2, 0.25) is 0 Å². The molecule has 3 saturated carbocycles. The fourth-order valence-corrected chi connectivity index (χ4v) is 6.85. The molecule has 5 atom stereocenters. The van der Waals surface area contributed by atoms with E-state index in [-0.39, 0.29) is 23.2 Å². The van der Waals surface area contributed by atoms with Crippen LogP contribution < -0.4 is 4.74 Å². The van der Waals surface area contributed by atoms with Gasteiger partial charge in [-0.15, -0.1) is 0 Å². The van der Waals surface area contributed by atoms with Gasteiger partial charge in [-0.3, -0.25) is 0 Å². The van der Waals surface area contributed by atoms with Gasteiger partial charge in [0.1, 0.15) is 23.9 Å². The lowest BCUT2D eigenvalue weighted by molar-refractivity contribution is -0.218. The zero-order valence-electron chi connectivity index (χ0n) is 22.4. The Morgan fingerprint density at radius 3 is 2.56 bits per heavy atom. The lowest BCUT2D eigenvalue weighted by atomic mass is 9.50. The van der Waals surface area contributed by atoms with E-state index in [2.05, 4.69) is 13.5 Å². The minimum atomic E-state index is -1.32. The van der Waals surface area contributed by atoms with Gasteiger partial charge in [0.25, 0.3) is 0 Å². The molecule has 1 saturated heterocycles. The molecule has 5 nitrogen and oxygen atoms in total. The maximum Gasteiger partial charge on any atom is 0.342 e. The number of hydrogen-bond acceptors (Lipinski definition) is 4. The van der Waals surface area contributed by atoms with Gasteiger partial charge >= 0.3 is 5.97 Å². The van der Waals surface area contributed by atoms with E-state index in [0.29, 0.717) is 25.2 Å². The summed E-state index contributed by atoms with van der Waals surface area (Å²) in [6.45, 7) is 12.2. The number of carboxylic acids is 1. The standard InChI is InChI=1S/C23H29FO5.C5H10.C2H6/c1-14-6-7-17-15-12-27-13-29-19(15)8-10-23(17,2)16(14)9-11-28-20-5-3-4-18(24)21(20)22(25)26;1-2-4-5-3-1;1-2/h3-5,15-17,19H,1,6-13H2,2H3,(H,25,26);1-5H2;1-2H3. The van der Waals surface area contributed by atoms with Crippen LogP contribution in [0.2, 0.25) is 0 Å². The smallest absolute Gasteiger partial charge is 0.342 e. The number of hydrogen-bond donors (Lipinski definition) is 1. The zero-order valence-corrected chi connectivity index (χ0v) is 22.4. The maximum atomic E-state index is 13.9. The molecule has 3 aliphatic carbocycles. The average Bonchev–Trinajstić information content (AvgIpc) is 3.47. The number of allylic oxidation sites excluding steroid dienone is 1. The van der Waals surface area contributed by atoms with Crippen LogP contribution in [0.1, 0.15) is 95.3 Å². The average molecular weight is 505 g/mol. The third-order valence-corrected chi connectivity index (χ3v) is 8.65. The fourth-order valence-electron chi connectivity index (χ4n) is 6.85. The topological polar surface area (TPSA) is 65.0 Å². The molecule has 0 amide bonds. The number of benzene rings is 1. The number of carboxylic acid groups (broad SMARTS) is 1. The summed E-state index contributed by atoms with van der Waals surface area (Å²) < 4.78 is 31.1. The van der Waals surface area contributed by atoms with E-state index in [4.69, 9.17) is 14.2 Å². The molecule has 4 fully saturated rings. The van der Waals surface area contributed by atoms with Crippen molar-refractivity contribution in [2.45, 2.75) is 91.1 Å².